The van der Waals surface area contributed by atoms with E-state index < -0.39 is 38.7 Å². The SMILES string of the molecule is Cc1cccc2c1c(CCc1ccc3c(c1)N(S(=O)(=O)c1cccc(C(F)(F)F)c1)C[C@H](CCC(=O)O)O3)nn2C. The van der Waals surface area contributed by atoms with Gasteiger partial charge in [0.1, 0.15) is 11.9 Å². The topological polar surface area (TPSA) is 102 Å². The van der Waals surface area contributed by atoms with Gasteiger partial charge in [0.05, 0.1) is 33.9 Å². The molecule has 5 rings (SSSR count). The van der Waals surface area contributed by atoms with E-state index in [1.807, 2.05) is 36.9 Å². The molecule has 0 fully saturated rings. The number of alkyl halides is 3. The number of rotatable bonds is 8. The lowest BCUT2D eigenvalue weighted by molar-refractivity contribution is -0.138. The Bertz CT molecular complexity index is 1730. The molecule has 0 radical (unpaired) electrons. The summed E-state index contributed by atoms with van der Waals surface area (Å²) < 4.78 is 76.5. The van der Waals surface area contributed by atoms with Crippen molar-refractivity contribution in [3.63, 3.8) is 0 Å². The van der Waals surface area contributed by atoms with Crippen LogP contribution in [0.2, 0.25) is 0 Å². The van der Waals surface area contributed by atoms with Crippen molar-refractivity contribution in [2.75, 3.05) is 10.8 Å². The van der Waals surface area contributed by atoms with Crippen LogP contribution in [0.3, 0.4) is 0 Å². The molecule has 1 aromatic heterocycles. The van der Waals surface area contributed by atoms with E-state index in [1.165, 1.54) is 0 Å². The first-order valence-corrected chi connectivity index (χ1v) is 14.4. The Labute approximate surface area is 235 Å². The molecule has 1 atom stereocenters. The Balaban J connectivity index is 1.50. The minimum Gasteiger partial charge on any atom is -0.486 e. The van der Waals surface area contributed by atoms with Crippen LogP contribution in [0.15, 0.2) is 65.6 Å². The third-order valence-corrected chi connectivity index (χ3v) is 8.97. The third kappa shape index (κ3) is 5.74. The van der Waals surface area contributed by atoms with Crippen LogP contribution in [0, 0.1) is 6.92 Å². The number of ether oxygens (including phenoxy) is 1. The molecule has 0 saturated carbocycles. The summed E-state index contributed by atoms with van der Waals surface area (Å²) in [5, 5.41) is 14.9. The second kappa shape index (κ2) is 10.7. The highest BCUT2D eigenvalue weighted by molar-refractivity contribution is 7.92. The number of carboxylic acids is 1. The number of hydrogen-bond acceptors (Lipinski definition) is 5. The Hall–Kier alpha value is -4.06. The second-order valence-corrected chi connectivity index (χ2v) is 11.9. The predicted molar refractivity (Wildman–Crippen MR) is 147 cm³/mol. The summed E-state index contributed by atoms with van der Waals surface area (Å²) in [5.41, 5.74) is 2.89. The van der Waals surface area contributed by atoms with Crippen molar-refractivity contribution in [2.45, 2.75) is 49.8 Å². The highest BCUT2D eigenvalue weighted by Crippen LogP contribution is 2.40. The van der Waals surface area contributed by atoms with E-state index in [4.69, 9.17) is 9.84 Å². The largest absolute Gasteiger partial charge is 0.486 e. The van der Waals surface area contributed by atoms with Gasteiger partial charge in [-0.15, -0.1) is 0 Å². The molecule has 1 aliphatic heterocycles. The summed E-state index contributed by atoms with van der Waals surface area (Å²) in [6.45, 7) is 1.77. The van der Waals surface area contributed by atoms with Crippen LogP contribution < -0.4 is 9.04 Å². The number of nitrogens with zero attached hydrogens (tertiary/aromatic N) is 3. The monoisotopic (exact) mass is 587 g/mol. The Morgan fingerprint density at radius 3 is 2.59 bits per heavy atom. The summed E-state index contributed by atoms with van der Waals surface area (Å²) >= 11 is 0. The minimum atomic E-state index is -4.72. The zero-order valence-corrected chi connectivity index (χ0v) is 23.2. The maximum atomic E-state index is 13.8. The Morgan fingerprint density at radius 2 is 1.85 bits per heavy atom. The number of aromatic nitrogens is 2. The lowest BCUT2D eigenvalue weighted by atomic mass is 10.0. The first-order valence-electron chi connectivity index (χ1n) is 13.0. The first-order chi connectivity index (χ1) is 19.3. The fraction of sp³-hybridized carbons (Fsp3) is 0.310. The Kier molecular flexibility index (Phi) is 7.45. The molecule has 0 bridgehead atoms. The van der Waals surface area contributed by atoms with Gasteiger partial charge in [-0.3, -0.25) is 13.8 Å². The average molecular weight is 588 g/mol. The van der Waals surface area contributed by atoms with E-state index in [-0.39, 0.29) is 30.8 Å². The van der Waals surface area contributed by atoms with E-state index in [0.29, 0.717) is 18.9 Å². The second-order valence-electron chi connectivity index (χ2n) is 10.1. The van der Waals surface area contributed by atoms with Crippen LogP contribution in [-0.2, 0) is 40.9 Å². The lowest BCUT2D eigenvalue weighted by Gasteiger charge is -2.35. The molecule has 4 aromatic rings. The quantitative estimate of drug-likeness (QED) is 0.292. The summed E-state index contributed by atoms with van der Waals surface area (Å²) in [5.74, 6) is -0.857. The van der Waals surface area contributed by atoms with Crippen molar-refractivity contribution in [3.05, 3.63) is 83.0 Å². The van der Waals surface area contributed by atoms with Gasteiger partial charge in [-0.25, -0.2) is 8.42 Å². The highest BCUT2D eigenvalue weighted by atomic mass is 32.2. The number of aryl methyl sites for hydroxylation is 4. The number of hydrogen-bond donors (Lipinski definition) is 1. The standard InChI is InChI=1S/C29H28F3N3O5S/c1-18-5-3-8-24-28(18)23(33-34(24)2)12-9-19-10-13-26-25(15-19)35(17-21(40-26)11-14-27(36)37)41(38,39)22-7-4-6-20(16-22)29(30,31)32/h3-8,10,13,15-16,21H,9,11-12,14,17H2,1-2H3,(H,36,37)/t21-/m0/s1. The molecule has 41 heavy (non-hydrogen) atoms. The molecule has 2 heterocycles. The molecule has 0 unspecified atom stereocenters. The molecular weight excluding hydrogens is 559 g/mol. The molecule has 3 aromatic carbocycles. The minimum absolute atomic E-state index is 0.0250. The molecule has 1 aliphatic rings. The summed E-state index contributed by atoms with van der Waals surface area (Å²) in [4.78, 5) is 10.6. The summed E-state index contributed by atoms with van der Waals surface area (Å²) in [7, 11) is -2.58. The zero-order valence-electron chi connectivity index (χ0n) is 22.4. The highest BCUT2D eigenvalue weighted by Gasteiger charge is 2.37. The van der Waals surface area contributed by atoms with Gasteiger partial charge in [-0.05, 0) is 73.7 Å². The van der Waals surface area contributed by atoms with Crippen LogP contribution >= 0.6 is 0 Å². The molecule has 0 aliphatic carbocycles. The number of halogens is 3. The van der Waals surface area contributed by atoms with Crippen molar-refractivity contribution >= 4 is 32.6 Å². The van der Waals surface area contributed by atoms with Crippen molar-refractivity contribution < 1.29 is 36.2 Å². The molecular formula is C29H28F3N3O5S. The fourth-order valence-electron chi connectivity index (χ4n) is 5.16. The third-order valence-electron chi connectivity index (χ3n) is 7.19. The van der Waals surface area contributed by atoms with Crippen molar-refractivity contribution in [3.8, 4) is 5.75 Å². The van der Waals surface area contributed by atoms with Gasteiger partial charge < -0.3 is 9.84 Å². The van der Waals surface area contributed by atoms with Gasteiger partial charge in [-0.2, -0.15) is 18.3 Å². The van der Waals surface area contributed by atoms with Gasteiger partial charge in [0.25, 0.3) is 10.0 Å². The van der Waals surface area contributed by atoms with Crippen LogP contribution in [0.1, 0.15) is 35.2 Å². The zero-order chi connectivity index (χ0) is 29.5. The van der Waals surface area contributed by atoms with E-state index >= 15 is 0 Å². The normalized spacial score (nSPS) is 15.5. The molecule has 216 valence electrons. The van der Waals surface area contributed by atoms with Crippen LogP contribution in [0.25, 0.3) is 10.9 Å². The van der Waals surface area contributed by atoms with Crippen LogP contribution in [-0.4, -0.2) is 41.9 Å². The molecule has 12 heteroatoms. The maximum absolute atomic E-state index is 13.8. The molecule has 0 saturated heterocycles. The van der Waals surface area contributed by atoms with Gasteiger partial charge in [-0.1, -0.05) is 24.3 Å². The number of carbonyl (C=O) groups is 1. The molecule has 0 amide bonds. The molecule has 8 nitrogen and oxygen atoms in total. The maximum Gasteiger partial charge on any atom is 0.416 e. The smallest absolute Gasteiger partial charge is 0.416 e. The van der Waals surface area contributed by atoms with Gasteiger partial charge in [0.2, 0.25) is 0 Å². The van der Waals surface area contributed by atoms with Crippen molar-refractivity contribution in [1.82, 2.24) is 9.78 Å². The van der Waals surface area contributed by atoms with Crippen LogP contribution in [0.5, 0.6) is 5.75 Å². The summed E-state index contributed by atoms with van der Waals surface area (Å²) in [6, 6.07) is 14.6. The number of fused-ring (bicyclic) bond motifs is 2. The first kappa shape index (κ1) is 28.5. The van der Waals surface area contributed by atoms with Crippen molar-refractivity contribution in [2.24, 2.45) is 7.05 Å². The molecule has 0 spiro atoms. The predicted octanol–water partition coefficient (Wildman–Crippen LogP) is 5.51. The van der Waals surface area contributed by atoms with E-state index in [1.54, 1.807) is 18.2 Å². The summed E-state index contributed by atoms with van der Waals surface area (Å²) in [6.07, 6.45) is -4.66. The number of aliphatic carboxylic acids is 1. The number of carboxylic acid groups (broad SMARTS) is 1. The fourth-order valence-corrected chi connectivity index (χ4v) is 6.70. The number of anilines is 1. The van der Waals surface area contributed by atoms with Crippen molar-refractivity contribution in [1.29, 1.82) is 0 Å². The van der Waals surface area contributed by atoms with Gasteiger partial charge in [0.15, 0.2) is 0 Å². The van der Waals surface area contributed by atoms with E-state index in [0.717, 1.165) is 50.2 Å². The number of sulfonamides is 1. The van der Waals surface area contributed by atoms with Gasteiger partial charge in [0, 0.05) is 18.9 Å². The van der Waals surface area contributed by atoms with E-state index in [2.05, 4.69) is 5.10 Å². The van der Waals surface area contributed by atoms with Crippen LogP contribution in [0.4, 0.5) is 18.9 Å². The van der Waals surface area contributed by atoms with E-state index in [9.17, 15) is 26.4 Å². The number of benzene rings is 3. The molecule has 1 N–H and O–H groups in total. The Morgan fingerprint density at radius 1 is 1.10 bits per heavy atom. The average Bonchev–Trinajstić information content (AvgIpc) is 3.26. The lowest BCUT2D eigenvalue weighted by Crippen LogP contribution is -2.43. The van der Waals surface area contributed by atoms with Gasteiger partial charge >= 0.3 is 12.1 Å².